The van der Waals surface area contributed by atoms with E-state index in [0.717, 1.165) is 6.08 Å². The van der Waals surface area contributed by atoms with Crippen LogP contribution in [-0.2, 0) is 4.79 Å². The summed E-state index contributed by atoms with van der Waals surface area (Å²) in [5.41, 5.74) is 0.373. The molecule has 1 aliphatic carbocycles. The maximum absolute atomic E-state index is 13.9. The Kier molecular flexibility index (Phi) is 3.57. The zero-order chi connectivity index (χ0) is 16.6. The summed E-state index contributed by atoms with van der Waals surface area (Å²) in [6.07, 6.45) is 1.07. The number of ketones is 2. The number of hydrogen-bond donors (Lipinski definition) is 1. The molecule has 2 aromatic rings. The zero-order valence-corrected chi connectivity index (χ0v) is 12.1. The Hall–Kier alpha value is -3.15. The molecule has 0 fully saturated rings. The first-order chi connectivity index (χ1) is 11.0. The molecule has 0 saturated carbocycles. The van der Waals surface area contributed by atoms with Crippen LogP contribution in [0.4, 0.5) is 4.39 Å². The fraction of sp³-hybridized carbons (Fsp3) is 0.0588. The van der Waals surface area contributed by atoms with Gasteiger partial charge in [0.05, 0.1) is 17.0 Å². The van der Waals surface area contributed by atoms with Crippen molar-refractivity contribution in [2.75, 3.05) is 0 Å². The zero-order valence-electron chi connectivity index (χ0n) is 12.1. The number of benzene rings is 1. The van der Waals surface area contributed by atoms with Crippen LogP contribution in [0, 0.1) is 5.82 Å². The molecule has 1 amide bonds. The third-order valence-corrected chi connectivity index (χ3v) is 3.36. The molecular formula is C17H11FN2O3. The number of rotatable bonds is 2. The topological polar surface area (TPSA) is 76.1 Å². The van der Waals surface area contributed by atoms with Crippen LogP contribution in [0.1, 0.15) is 27.8 Å². The summed E-state index contributed by atoms with van der Waals surface area (Å²) in [4.78, 5) is 39.7. The van der Waals surface area contributed by atoms with Crippen LogP contribution in [0.5, 0.6) is 0 Å². The smallest absolute Gasteiger partial charge is 0.228 e. The Bertz CT molecular complexity index is 887. The second-order valence-electron chi connectivity index (χ2n) is 5.01. The summed E-state index contributed by atoms with van der Waals surface area (Å²) in [7, 11) is 0. The van der Waals surface area contributed by atoms with Crippen LogP contribution in [-0.4, -0.2) is 22.5 Å². The molecule has 1 aromatic heterocycles. The number of pyridine rings is 1. The Morgan fingerprint density at radius 2 is 1.83 bits per heavy atom. The molecule has 0 spiro atoms. The first kappa shape index (κ1) is 14.8. The molecule has 23 heavy (non-hydrogen) atoms. The first-order valence-corrected chi connectivity index (χ1v) is 6.81. The normalized spacial score (nSPS) is 13.4. The molecule has 1 N–H and O–H groups in total. The molecule has 0 radical (unpaired) electrons. The van der Waals surface area contributed by atoms with Gasteiger partial charge in [0, 0.05) is 18.6 Å². The highest BCUT2D eigenvalue weighted by Gasteiger charge is 2.28. The number of allylic oxidation sites excluding steroid dienone is 2. The molecule has 6 heteroatoms. The summed E-state index contributed by atoms with van der Waals surface area (Å²) in [6, 6.07) is 8.93. The molecule has 0 saturated heterocycles. The van der Waals surface area contributed by atoms with E-state index < -0.39 is 23.3 Å². The first-order valence-electron chi connectivity index (χ1n) is 6.81. The molecule has 0 atom stereocenters. The van der Waals surface area contributed by atoms with Gasteiger partial charge in [0.25, 0.3) is 0 Å². The van der Waals surface area contributed by atoms with Crippen molar-refractivity contribution >= 4 is 17.5 Å². The maximum atomic E-state index is 13.9. The van der Waals surface area contributed by atoms with Crippen LogP contribution < -0.4 is 5.32 Å². The predicted molar refractivity (Wildman–Crippen MR) is 80.2 cm³/mol. The lowest BCUT2D eigenvalue weighted by Crippen LogP contribution is -2.30. The quantitative estimate of drug-likeness (QED) is 0.923. The lowest BCUT2D eigenvalue weighted by molar-refractivity contribution is -0.118. The van der Waals surface area contributed by atoms with Crippen molar-refractivity contribution in [1.82, 2.24) is 10.3 Å². The van der Waals surface area contributed by atoms with Crippen molar-refractivity contribution in [3.05, 3.63) is 65.2 Å². The van der Waals surface area contributed by atoms with Gasteiger partial charge in [0.1, 0.15) is 11.5 Å². The van der Waals surface area contributed by atoms with E-state index in [1.807, 2.05) is 0 Å². The number of amides is 1. The highest BCUT2D eigenvalue weighted by molar-refractivity contribution is 6.24. The van der Waals surface area contributed by atoms with Crippen LogP contribution in [0.15, 0.2) is 48.2 Å². The third-order valence-electron chi connectivity index (χ3n) is 3.36. The van der Waals surface area contributed by atoms with E-state index in [1.54, 1.807) is 12.1 Å². The molecule has 114 valence electrons. The predicted octanol–water partition coefficient (Wildman–Crippen LogP) is 2.29. The van der Waals surface area contributed by atoms with Gasteiger partial charge >= 0.3 is 0 Å². The minimum absolute atomic E-state index is 0.0954. The summed E-state index contributed by atoms with van der Waals surface area (Å²) in [5, 5.41) is 2.31. The molecule has 1 heterocycles. The van der Waals surface area contributed by atoms with E-state index in [2.05, 4.69) is 10.3 Å². The van der Waals surface area contributed by atoms with Gasteiger partial charge in [-0.25, -0.2) is 9.37 Å². The van der Waals surface area contributed by atoms with Gasteiger partial charge in [-0.15, -0.1) is 0 Å². The van der Waals surface area contributed by atoms with Crippen molar-refractivity contribution in [3.63, 3.8) is 0 Å². The summed E-state index contributed by atoms with van der Waals surface area (Å²) in [6.45, 7) is 1.23. The second-order valence-corrected chi connectivity index (χ2v) is 5.01. The average molecular weight is 310 g/mol. The highest BCUT2D eigenvalue weighted by atomic mass is 19.1. The molecule has 0 unspecified atom stereocenters. The summed E-state index contributed by atoms with van der Waals surface area (Å²) in [5.74, 6) is -1.96. The lowest BCUT2D eigenvalue weighted by Gasteiger charge is -2.15. The number of Topliss-reactive ketones (excluding diaryl/α,β-unsaturated/α-hetero) is 1. The Morgan fingerprint density at radius 3 is 2.52 bits per heavy atom. The molecule has 3 rings (SSSR count). The number of carbonyl (C=O) groups is 3. The fourth-order valence-corrected chi connectivity index (χ4v) is 2.33. The van der Waals surface area contributed by atoms with Gasteiger partial charge in [-0.05, 0) is 24.3 Å². The van der Waals surface area contributed by atoms with E-state index >= 15 is 0 Å². The number of aromatic nitrogens is 1. The van der Waals surface area contributed by atoms with Crippen molar-refractivity contribution in [1.29, 1.82) is 0 Å². The Labute approximate surface area is 130 Å². The van der Waals surface area contributed by atoms with Gasteiger partial charge in [-0.1, -0.05) is 12.1 Å². The number of halogens is 1. The van der Waals surface area contributed by atoms with Gasteiger partial charge < -0.3 is 5.32 Å². The highest BCUT2D eigenvalue weighted by Crippen LogP contribution is 2.25. The van der Waals surface area contributed by atoms with E-state index in [-0.39, 0.29) is 28.2 Å². The van der Waals surface area contributed by atoms with Crippen molar-refractivity contribution < 1.29 is 18.8 Å². The molecule has 1 aliphatic rings. The van der Waals surface area contributed by atoms with Gasteiger partial charge in [-0.2, -0.15) is 0 Å². The van der Waals surface area contributed by atoms with E-state index in [1.165, 1.54) is 31.2 Å². The number of fused-ring (bicyclic) bond motifs is 1. The Balaban J connectivity index is 2.10. The van der Waals surface area contributed by atoms with Crippen molar-refractivity contribution in [2.45, 2.75) is 6.92 Å². The third kappa shape index (κ3) is 2.66. The summed E-state index contributed by atoms with van der Waals surface area (Å²) >= 11 is 0. The summed E-state index contributed by atoms with van der Waals surface area (Å²) < 4.78 is 13.9. The molecular weight excluding hydrogens is 299 g/mol. The van der Waals surface area contributed by atoms with Crippen LogP contribution in [0.2, 0.25) is 0 Å². The van der Waals surface area contributed by atoms with Crippen molar-refractivity contribution in [3.8, 4) is 11.3 Å². The standard InChI is InChI=1S/C17H11FN2O3/c1-9(21)19-14-8-15(22)11-6-7-13(20-16(11)17(14)23)10-4-2-3-5-12(10)18/h2-8H,1H3,(H,19,21). The average Bonchev–Trinajstić information content (AvgIpc) is 2.52. The molecule has 0 aliphatic heterocycles. The van der Waals surface area contributed by atoms with Gasteiger partial charge in [0.2, 0.25) is 11.7 Å². The minimum atomic E-state index is -0.576. The van der Waals surface area contributed by atoms with E-state index in [9.17, 15) is 18.8 Å². The molecule has 0 bridgehead atoms. The second kappa shape index (κ2) is 5.57. The van der Waals surface area contributed by atoms with Gasteiger partial charge in [0.15, 0.2) is 5.78 Å². The SMILES string of the molecule is CC(=O)NC1=CC(=O)c2ccc(-c3ccccc3F)nc2C1=O. The van der Waals surface area contributed by atoms with Crippen LogP contribution >= 0.6 is 0 Å². The Morgan fingerprint density at radius 1 is 1.09 bits per heavy atom. The lowest BCUT2D eigenvalue weighted by atomic mass is 9.96. The fourth-order valence-electron chi connectivity index (χ4n) is 2.33. The number of carbonyl (C=O) groups excluding carboxylic acids is 3. The monoisotopic (exact) mass is 310 g/mol. The number of nitrogens with one attached hydrogen (secondary N) is 1. The molecule has 5 nitrogen and oxygen atoms in total. The van der Waals surface area contributed by atoms with Crippen LogP contribution in [0.3, 0.4) is 0 Å². The van der Waals surface area contributed by atoms with E-state index in [0.29, 0.717) is 0 Å². The number of hydrogen-bond acceptors (Lipinski definition) is 4. The van der Waals surface area contributed by atoms with Crippen molar-refractivity contribution in [2.24, 2.45) is 0 Å². The number of nitrogens with zero attached hydrogens (tertiary/aromatic N) is 1. The van der Waals surface area contributed by atoms with E-state index in [4.69, 9.17) is 0 Å². The van der Waals surface area contributed by atoms with Gasteiger partial charge in [-0.3, -0.25) is 14.4 Å². The van der Waals surface area contributed by atoms with Crippen LogP contribution in [0.25, 0.3) is 11.3 Å². The molecule has 1 aromatic carbocycles. The largest absolute Gasteiger partial charge is 0.323 e. The minimum Gasteiger partial charge on any atom is -0.323 e. The maximum Gasteiger partial charge on any atom is 0.228 e.